The fourth-order valence-electron chi connectivity index (χ4n) is 1.88. The molecule has 0 amide bonds. The molecule has 1 heterocycles. The Morgan fingerprint density at radius 1 is 1.24 bits per heavy atom. The minimum atomic E-state index is 0.355. The Hall–Kier alpha value is -0.970. The molecule has 5 heteroatoms. The Morgan fingerprint density at radius 2 is 2.00 bits per heavy atom. The van der Waals surface area contributed by atoms with Gasteiger partial charge in [0, 0.05) is 6.54 Å². The second kappa shape index (κ2) is 7.37. The summed E-state index contributed by atoms with van der Waals surface area (Å²) in [5, 5.41) is 8.23. The van der Waals surface area contributed by atoms with Gasteiger partial charge in [0.25, 0.3) is 0 Å². The van der Waals surface area contributed by atoms with Crippen LogP contribution in [0.15, 0.2) is 0 Å². The molecule has 1 rings (SSSR count). The van der Waals surface area contributed by atoms with Gasteiger partial charge in [-0.05, 0) is 12.8 Å². The predicted molar refractivity (Wildman–Crippen MR) is 74.0 cm³/mol. The first-order chi connectivity index (χ1) is 8.20. The maximum Gasteiger partial charge on any atom is 0.143 e. The van der Waals surface area contributed by atoms with Crippen LogP contribution in [0.25, 0.3) is 0 Å². The Balaban J connectivity index is 2.67. The van der Waals surface area contributed by atoms with Gasteiger partial charge in [-0.25, -0.2) is 4.68 Å². The Labute approximate surface area is 109 Å². The molecular weight excluding hydrogens is 232 g/mol. The summed E-state index contributed by atoms with van der Waals surface area (Å²) in [6, 6.07) is 0. The minimum Gasteiger partial charge on any atom is -0.388 e. The third kappa shape index (κ3) is 4.07. The van der Waals surface area contributed by atoms with Gasteiger partial charge in [-0.1, -0.05) is 57.0 Å². The number of nitrogens with two attached hydrogens (primary N) is 1. The molecule has 0 aliphatic carbocycles. The van der Waals surface area contributed by atoms with Crippen LogP contribution < -0.4 is 5.73 Å². The van der Waals surface area contributed by atoms with E-state index in [1.165, 1.54) is 19.3 Å². The summed E-state index contributed by atoms with van der Waals surface area (Å²) in [6.45, 7) is 5.27. The number of rotatable bonds is 8. The lowest BCUT2D eigenvalue weighted by Gasteiger charge is -2.06. The van der Waals surface area contributed by atoms with Crippen molar-refractivity contribution in [2.75, 3.05) is 0 Å². The molecule has 0 atom stereocenters. The second-order valence-corrected chi connectivity index (χ2v) is 4.72. The van der Waals surface area contributed by atoms with Crippen LogP contribution in [0.3, 0.4) is 0 Å². The zero-order valence-electron chi connectivity index (χ0n) is 10.8. The molecule has 0 saturated carbocycles. The van der Waals surface area contributed by atoms with E-state index in [0.717, 1.165) is 31.5 Å². The van der Waals surface area contributed by atoms with Crippen molar-refractivity contribution in [3.8, 4) is 0 Å². The number of nitrogens with zero attached hydrogens (tertiary/aromatic N) is 3. The molecule has 4 nitrogen and oxygen atoms in total. The van der Waals surface area contributed by atoms with Gasteiger partial charge in [0.2, 0.25) is 0 Å². The number of aryl methyl sites for hydroxylation is 1. The first kappa shape index (κ1) is 14.1. The van der Waals surface area contributed by atoms with Gasteiger partial charge < -0.3 is 5.73 Å². The molecule has 0 aromatic carbocycles. The molecular formula is C12H22N4S. The fraction of sp³-hybridized carbons (Fsp3) is 0.750. The van der Waals surface area contributed by atoms with Crippen molar-refractivity contribution in [2.45, 2.75) is 58.9 Å². The molecule has 0 aliphatic heterocycles. The molecule has 1 aromatic heterocycles. The van der Waals surface area contributed by atoms with Gasteiger partial charge in [0.05, 0.1) is 5.69 Å². The van der Waals surface area contributed by atoms with Crippen LogP contribution in [0, 0.1) is 0 Å². The van der Waals surface area contributed by atoms with E-state index in [0.29, 0.717) is 10.7 Å². The van der Waals surface area contributed by atoms with E-state index < -0.39 is 0 Å². The third-order valence-corrected chi connectivity index (χ3v) is 2.97. The molecule has 0 radical (unpaired) electrons. The summed E-state index contributed by atoms with van der Waals surface area (Å²) in [5.41, 5.74) is 7.45. The lowest BCUT2D eigenvalue weighted by molar-refractivity contribution is 0.510. The summed E-state index contributed by atoms with van der Waals surface area (Å²) in [7, 11) is 0. The van der Waals surface area contributed by atoms with Crippen LogP contribution in [0.1, 0.15) is 57.3 Å². The van der Waals surface area contributed by atoms with Crippen molar-refractivity contribution in [1.29, 1.82) is 0 Å². The van der Waals surface area contributed by atoms with E-state index in [4.69, 9.17) is 18.0 Å². The van der Waals surface area contributed by atoms with E-state index >= 15 is 0 Å². The quantitative estimate of drug-likeness (QED) is 0.572. The van der Waals surface area contributed by atoms with E-state index in [9.17, 15) is 0 Å². The van der Waals surface area contributed by atoms with Gasteiger partial charge in [0.15, 0.2) is 0 Å². The summed E-state index contributed by atoms with van der Waals surface area (Å²) in [4.78, 5) is 0.355. The van der Waals surface area contributed by atoms with Crippen molar-refractivity contribution in [3.05, 3.63) is 11.4 Å². The van der Waals surface area contributed by atoms with Gasteiger partial charge in [-0.3, -0.25) is 0 Å². The van der Waals surface area contributed by atoms with Crippen LogP contribution in [0.4, 0.5) is 0 Å². The highest BCUT2D eigenvalue weighted by Gasteiger charge is 2.13. The summed E-state index contributed by atoms with van der Waals surface area (Å²) >= 11 is 4.99. The Kier molecular flexibility index (Phi) is 6.11. The van der Waals surface area contributed by atoms with Crippen LogP contribution >= 0.6 is 12.2 Å². The lowest BCUT2D eigenvalue weighted by Crippen LogP contribution is -2.14. The largest absolute Gasteiger partial charge is 0.388 e. The van der Waals surface area contributed by atoms with E-state index in [1.54, 1.807) is 0 Å². The van der Waals surface area contributed by atoms with E-state index in [1.807, 2.05) is 4.68 Å². The monoisotopic (exact) mass is 254 g/mol. The van der Waals surface area contributed by atoms with Gasteiger partial charge in [-0.15, -0.1) is 5.10 Å². The van der Waals surface area contributed by atoms with Gasteiger partial charge in [-0.2, -0.15) is 0 Å². The SMILES string of the molecule is CCCCCCn1nnc(C(N)=S)c1CCC. The molecule has 0 unspecified atom stereocenters. The van der Waals surface area contributed by atoms with E-state index in [2.05, 4.69) is 24.2 Å². The van der Waals surface area contributed by atoms with Crippen molar-refractivity contribution >= 4 is 17.2 Å². The first-order valence-corrected chi connectivity index (χ1v) is 6.83. The first-order valence-electron chi connectivity index (χ1n) is 6.42. The average Bonchev–Trinajstić information content (AvgIpc) is 2.69. The standard InChI is InChI=1S/C12H22N4S/c1-3-5-6-7-9-16-10(8-4-2)11(12(13)17)14-15-16/h3-9H2,1-2H3,(H2,13,17). The number of aromatic nitrogens is 3. The Morgan fingerprint density at radius 3 is 2.59 bits per heavy atom. The van der Waals surface area contributed by atoms with Crippen molar-refractivity contribution in [3.63, 3.8) is 0 Å². The number of hydrogen-bond donors (Lipinski definition) is 1. The third-order valence-electron chi connectivity index (χ3n) is 2.78. The molecule has 2 N–H and O–H groups in total. The molecule has 1 aromatic rings. The van der Waals surface area contributed by atoms with Crippen molar-refractivity contribution in [1.82, 2.24) is 15.0 Å². The summed E-state index contributed by atoms with van der Waals surface area (Å²) < 4.78 is 1.97. The normalized spacial score (nSPS) is 10.7. The average molecular weight is 254 g/mol. The highest BCUT2D eigenvalue weighted by molar-refractivity contribution is 7.80. The molecule has 96 valence electrons. The molecule has 0 bridgehead atoms. The summed E-state index contributed by atoms with van der Waals surface area (Å²) in [6.07, 6.45) is 6.90. The second-order valence-electron chi connectivity index (χ2n) is 4.28. The fourth-order valence-corrected chi connectivity index (χ4v) is 2.04. The number of unbranched alkanes of at least 4 members (excludes halogenated alkanes) is 3. The van der Waals surface area contributed by atoms with Crippen LogP contribution in [0.5, 0.6) is 0 Å². The van der Waals surface area contributed by atoms with Gasteiger partial charge >= 0.3 is 0 Å². The molecule has 0 spiro atoms. The van der Waals surface area contributed by atoms with Crippen molar-refractivity contribution in [2.24, 2.45) is 5.73 Å². The number of thiocarbonyl (C=S) groups is 1. The summed E-state index contributed by atoms with van der Waals surface area (Å²) in [5.74, 6) is 0. The van der Waals surface area contributed by atoms with E-state index in [-0.39, 0.29) is 0 Å². The molecule has 0 saturated heterocycles. The van der Waals surface area contributed by atoms with Gasteiger partial charge in [0.1, 0.15) is 10.7 Å². The topological polar surface area (TPSA) is 56.7 Å². The maximum atomic E-state index is 5.65. The predicted octanol–water partition coefficient (Wildman–Crippen LogP) is 2.45. The highest BCUT2D eigenvalue weighted by Crippen LogP contribution is 2.10. The smallest absolute Gasteiger partial charge is 0.143 e. The molecule has 0 aliphatic rings. The Bertz CT molecular complexity index is 359. The van der Waals surface area contributed by atoms with Crippen LogP contribution in [-0.2, 0) is 13.0 Å². The van der Waals surface area contributed by atoms with Crippen molar-refractivity contribution < 1.29 is 0 Å². The minimum absolute atomic E-state index is 0.355. The van der Waals surface area contributed by atoms with Crippen LogP contribution in [0.2, 0.25) is 0 Å². The maximum absolute atomic E-state index is 5.65. The van der Waals surface area contributed by atoms with Crippen LogP contribution in [-0.4, -0.2) is 20.0 Å². The number of hydrogen-bond acceptors (Lipinski definition) is 3. The zero-order chi connectivity index (χ0) is 12.7. The lowest BCUT2D eigenvalue weighted by atomic mass is 10.2. The highest BCUT2D eigenvalue weighted by atomic mass is 32.1. The molecule has 0 fully saturated rings. The zero-order valence-corrected chi connectivity index (χ0v) is 11.6. The molecule has 17 heavy (non-hydrogen) atoms.